The van der Waals surface area contributed by atoms with E-state index in [-0.39, 0.29) is 34.4 Å². The van der Waals surface area contributed by atoms with Crippen molar-refractivity contribution in [3.8, 4) is 0 Å². The molecule has 0 bridgehead atoms. The van der Waals surface area contributed by atoms with E-state index in [0.717, 1.165) is 18.4 Å². The zero-order valence-corrected chi connectivity index (χ0v) is 20.5. The molecule has 6 nitrogen and oxygen atoms in total. The number of hydrogen-bond donors (Lipinski definition) is 1. The third-order valence-corrected chi connectivity index (χ3v) is 7.75. The Balaban J connectivity index is 1.57. The molecule has 2 fully saturated rings. The van der Waals surface area contributed by atoms with Gasteiger partial charge in [-0.05, 0) is 61.4 Å². The molecule has 4 rings (SSSR count). The second-order valence-corrected chi connectivity index (χ2v) is 11.7. The lowest BCUT2D eigenvalue weighted by Crippen LogP contribution is -2.47. The maximum Gasteiger partial charge on any atom is 0.416 e. The summed E-state index contributed by atoms with van der Waals surface area (Å²) in [5.41, 5.74) is -1.01. The number of benzene rings is 2. The molecule has 36 heavy (non-hydrogen) atoms. The fourth-order valence-corrected chi connectivity index (χ4v) is 5.30. The van der Waals surface area contributed by atoms with Crippen LogP contribution in [0.2, 0.25) is 0 Å². The topological polar surface area (TPSA) is 83.6 Å². The molecule has 1 heterocycles. The number of alkyl halides is 3. The lowest BCUT2D eigenvalue weighted by Gasteiger charge is -2.27. The van der Waals surface area contributed by atoms with Crippen molar-refractivity contribution in [3.05, 3.63) is 65.0 Å². The van der Waals surface area contributed by atoms with Crippen molar-refractivity contribution < 1.29 is 35.6 Å². The Bertz CT molecular complexity index is 1290. The van der Waals surface area contributed by atoms with Crippen LogP contribution in [0, 0.1) is 17.7 Å². The first-order valence-corrected chi connectivity index (χ1v) is 13.4. The second kappa shape index (κ2) is 9.49. The van der Waals surface area contributed by atoms with E-state index in [1.54, 1.807) is 0 Å². The Hall–Kier alpha value is -2.95. The molecule has 1 N–H and O–H groups in total. The second-order valence-electron chi connectivity index (χ2n) is 9.67. The van der Waals surface area contributed by atoms with Crippen molar-refractivity contribution in [2.45, 2.75) is 49.3 Å². The zero-order chi connectivity index (χ0) is 26.4. The number of nitrogens with zero attached hydrogens (tertiary/aromatic N) is 1. The van der Waals surface area contributed by atoms with Crippen LogP contribution in [0.4, 0.5) is 17.6 Å². The van der Waals surface area contributed by atoms with Gasteiger partial charge in [0.15, 0.2) is 9.84 Å². The van der Waals surface area contributed by atoms with Crippen LogP contribution in [0.5, 0.6) is 0 Å². The first-order chi connectivity index (χ1) is 16.8. The highest BCUT2D eigenvalue weighted by Gasteiger charge is 2.42. The van der Waals surface area contributed by atoms with Gasteiger partial charge in [-0.15, -0.1) is 0 Å². The molecule has 11 heteroatoms. The van der Waals surface area contributed by atoms with Crippen LogP contribution in [-0.2, 0) is 20.8 Å². The highest BCUT2D eigenvalue weighted by Crippen LogP contribution is 2.43. The lowest BCUT2D eigenvalue weighted by atomic mass is 9.98. The van der Waals surface area contributed by atoms with E-state index < -0.39 is 51.3 Å². The third kappa shape index (κ3) is 5.55. The van der Waals surface area contributed by atoms with Crippen molar-refractivity contribution in [1.29, 1.82) is 0 Å². The molecule has 1 saturated heterocycles. The number of carbonyl (C=O) groups excluding carboxylic acids is 2. The Kier molecular flexibility index (Phi) is 6.89. The van der Waals surface area contributed by atoms with Crippen LogP contribution in [0.15, 0.2) is 47.4 Å². The van der Waals surface area contributed by atoms with Crippen LogP contribution in [0.25, 0.3) is 0 Å². The normalized spacial score (nSPS) is 21.3. The molecule has 0 spiro atoms. The van der Waals surface area contributed by atoms with Crippen molar-refractivity contribution in [3.63, 3.8) is 0 Å². The van der Waals surface area contributed by atoms with Crippen molar-refractivity contribution in [2.75, 3.05) is 12.8 Å². The van der Waals surface area contributed by atoms with E-state index in [4.69, 9.17) is 0 Å². The summed E-state index contributed by atoms with van der Waals surface area (Å²) in [6, 6.07) is 6.14. The van der Waals surface area contributed by atoms with E-state index in [9.17, 15) is 35.6 Å². The molecule has 0 unspecified atom stereocenters. The van der Waals surface area contributed by atoms with Gasteiger partial charge >= 0.3 is 6.18 Å². The molecule has 1 aliphatic heterocycles. The minimum absolute atomic E-state index is 0.0202. The Morgan fingerprint density at radius 3 is 2.39 bits per heavy atom. The summed E-state index contributed by atoms with van der Waals surface area (Å²) in [4.78, 5) is 27.9. The third-order valence-electron chi connectivity index (χ3n) is 6.64. The molecule has 3 atom stereocenters. The summed E-state index contributed by atoms with van der Waals surface area (Å²) in [5, 5.41) is 2.78. The highest BCUT2D eigenvalue weighted by molar-refractivity contribution is 7.90. The van der Waals surface area contributed by atoms with Gasteiger partial charge in [0.25, 0.3) is 5.91 Å². The lowest BCUT2D eigenvalue weighted by molar-refractivity contribution is -0.137. The number of nitrogens with one attached hydrogen (secondary N) is 1. The van der Waals surface area contributed by atoms with Crippen LogP contribution >= 0.6 is 0 Å². The maximum absolute atomic E-state index is 14.7. The smallest absolute Gasteiger partial charge is 0.347 e. The summed E-state index contributed by atoms with van der Waals surface area (Å²) < 4.78 is 77.4. The molecule has 2 aromatic carbocycles. The first-order valence-electron chi connectivity index (χ1n) is 11.5. The number of halogens is 4. The van der Waals surface area contributed by atoms with Gasteiger partial charge in [0, 0.05) is 23.9 Å². The van der Waals surface area contributed by atoms with Gasteiger partial charge in [0.05, 0.1) is 16.5 Å². The van der Waals surface area contributed by atoms with Crippen LogP contribution in [0.3, 0.4) is 0 Å². The molecule has 2 aliphatic rings. The molecule has 1 saturated carbocycles. The van der Waals surface area contributed by atoms with Crippen molar-refractivity contribution in [1.82, 2.24) is 10.2 Å². The van der Waals surface area contributed by atoms with E-state index >= 15 is 0 Å². The SMILES string of the molecule is C[C@H]1C[C@H](C(=O)N[C@@H](c2ccc(C(F)(F)F)cc2F)C2CC2)N(C(=O)c2cccc(S(C)(=O)=O)c2)C1. The average Bonchev–Trinajstić information content (AvgIpc) is 3.56. The molecular formula is C25H26F4N2O4S. The monoisotopic (exact) mass is 526 g/mol. The molecule has 1 aliphatic carbocycles. The average molecular weight is 527 g/mol. The van der Waals surface area contributed by atoms with Gasteiger partial charge in [-0.3, -0.25) is 9.59 Å². The van der Waals surface area contributed by atoms with Crippen LogP contribution < -0.4 is 5.32 Å². The summed E-state index contributed by atoms with van der Waals surface area (Å²) in [6.07, 6.45) is -1.94. The molecule has 2 aromatic rings. The summed E-state index contributed by atoms with van der Waals surface area (Å²) in [7, 11) is -3.54. The van der Waals surface area contributed by atoms with Crippen LogP contribution in [0.1, 0.15) is 53.7 Å². The van der Waals surface area contributed by atoms with E-state index in [0.29, 0.717) is 25.3 Å². The Labute approximate surface area is 206 Å². The zero-order valence-electron chi connectivity index (χ0n) is 19.7. The number of carbonyl (C=O) groups is 2. The minimum Gasteiger partial charge on any atom is -0.347 e. The first kappa shape index (κ1) is 26.1. The fourth-order valence-electron chi connectivity index (χ4n) is 4.63. The van der Waals surface area contributed by atoms with Gasteiger partial charge in [0.1, 0.15) is 11.9 Å². The number of rotatable bonds is 6. The number of sulfone groups is 1. The Morgan fingerprint density at radius 2 is 1.81 bits per heavy atom. The van der Waals surface area contributed by atoms with Gasteiger partial charge < -0.3 is 10.2 Å². The van der Waals surface area contributed by atoms with Crippen molar-refractivity contribution >= 4 is 21.7 Å². The van der Waals surface area contributed by atoms with Gasteiger partial charge in [-0.1, -0.05) is 19.1 Å². The molecule has 194 valence electrons. The predicted octanol–water partition coefficient (Wildman–Crippen LogP) is 4.37. The standard InChI is InChI=1S/C25H26F4N2O4S/c1-14-10-21(31(13-14)24(33)16-4-3-5-18(11-16)36(2,34)35)23(32)30-22(15-6-7-15)19-9-8-17(12-20(19)26)25(27,28)29/h3-5,8-9,11-12,14-15,21-22H,6-7,10,13H2,1-2H3,(H,30,32)/t14-,21+,22+/m0/s1. The molecule has 0 aromatic heterocycles. The molecular weight excluding hydrogens is 500 g/mol. The highest BCUT2D eigenvalue weighted by atomic mass is 32.2. The Morgan fingerprint density at radius 1 is 1.11 bits per heavy atom. The minimum atomic E-state index is -4.69. The van der Waals surface area contributed by atoms with Gasteiger partial charge in [-0.2, -0.15) is 13.2 Å². The number of hydrogen-bond acceptors (Lipinski definition) is 4. The van der Waals surface area contributed by atoms with Crippen molar-refractivity contribution in [2.24, 2.45) is 11.8 Å². The number of likely N-dealkylation sites (tertiary alicyclic amines) is 1. The molecule has 2 amide bonds. The summed E-state index contributed by atoms with van der Waals surface area (Å²) >= 11 is 0. The van der Waals surface area contributed by atoms with Gasteiger partial charge in [-0.25, -0.2) is 12.8 Å². The van der Waals surface area contributed by atoms with E-state index in [1.165, 1.54) is 29.2 Å². The van der Waals surface area contributed by atoms with E-state index in [1.807, 2.05) is 6.92 Å². The van der Waals surface area contributed by atoms with Gasteiger partial charge in [0.2, 0.25) is 5.91 Å². The predicted molar refractivity (Wildman–Crippen MR) is 123 cm³/mol. The molecule has 0 radical (unpaired) electrons. The van der Waals surface area contributed by atoms with Crippen LogP contribution in [-0.4, -0.2) is 44.0 Å². The fraction of sp³-hybridized carbons (Fsp3) is 0.440. The largest absolute Gasteiger partial charge is 0.416 e. The maximum atomic E-state index is 14.7. The quantitative estimate of drug-likeness (QED) is 0.567. The summed E-state index contributed by atoms with van der Waals surface area (Å²) in [5.74, 6) is -2.22. The van der Waals surface area contributed by atoms with E-state index in [2.05, 4.69) is 5.32 Å². The number of amides is 2. The summed E-state index contributed by atoms with van der Waals surface area (Å²) in [6.45, 7) is 2.14.